The van der Waals surface area contributed by atoms with Gasteiger partial charge in [0.05, 0.1) is 18.2 Å². The number of carbonyl (C=O) groups excluding carboxylic acids is 1. The number of para-hydroxylation sites is 1. The molecule has 1 aromatic heterocycles. The summed E-state index contributed by atoms with van der Waals surface area (Å²) in [7, 11) is 0. The molecule has 2 aromatic carbocycles. The average molecular weight is 406 g/mol. The van der Waals surface area contributed by atoms with E-state index in [-0.39, 0.29) is 11.7 Å². The van der Waals surface area contributed by atoms with E-state index in [2.05, 4.69) is 22.3 Å². The first-order chi connectivity index (χ1) is 14.1. The lowest BCUT2D eigenvalue weighted by atomic mass is 10.1. The molecule has 0 saturated heterocycles. The van der Waals surface area contributed by atoms with Crippen LogP contribution in [-0.4, -0.2) is 44.4 Å². The lowest BCUT2D eigenvalue weighted by Gasteiger charge is -2.19. The third-order valence-electron chi connectivity index (χ3n) is 4.48. The van der Waals surface area contributed by atoms with Crippen LogP contribution in [-0.2, 0) is 4.79 Å². The summed E-state index contributed by atoms with van der Waals surface area (Å²) in [5.41, 5.74) is 3.06. The van der Waals surface area contributed by atoms with Crippen LogP contribution < -0.4 is 0 Å². The minimum atomic E-state index is -0.00697. The molecule has 6 nitrogen and oxygen atoms in total. The predicted octanol–water partition coefficient (Wildman–Crippen LogP) is 4.10. The van der Waals surface area contributed by atoms with E-state index in [1.165, 1.54) is 11.8 Å². The molecule has 0 spiro atoms. The monoisotopic (exact) mass is 405 g/mol. The minimum absolute atomic E-state index is 0.00697. The molecule has 0 aliphatic rings. The second-order valence-electron chi connectivity index (χ2n) is 6.52. The van der Waals surface area contributed by atoms with Crippen LogP contribution in [0.3, 0.4) is 0 Å². The van der Waals surface area contributed by atoms with Gasteiger partial charge in [-0.25, -0.2) is 0 Å². The minimum Gasteiger partial charge on any atom is -0.341 e. The Balaban J connectivity index is 1.89. The van der Waals surface area contributed by atoms with E-state index in [0.29, 0.717) is 24.7 Å². The van der Waals surface area contributed by atoms with Crippen LogP contribution in [0.2, 0.25) is 0 Å². The fraction of sp³-hybridized carbons (Fsp3) is 0.273. The van der Waals surface area contributed by atoms with Crippen molar-refractivity contribution < 1.29 is 4.79 Å². The van der Waals surface area contributed by atoms with Gasteiger partial charge in [0.2, 0.25) is 5.91 Å². The number of aryl methyl sites for hydroxylation is 1. The van der Waals surface area contributed by atoms with E-state index in [1.54, 1.807) is 4.90 Å². The summed E-state index contributed by atoms with van der Waals surface area (Å²) in [5.74, 6) is 0.983. The number of benzene rings is 2. The Hall–Kier alpha value is -3.11. The van der Waals surface area contributed by atoms with Gasteiger partial charge in [-0.2, -0.15) is 5.26 Å². The van der Waals surface area contributed by atoms with Crippen molar-refractivity contribution in [3.63, 3.8) is 0 Å². The smallest absolute Gasteiger partial charge is 0.233 e. The second kappa shape index (κ2) is 9.89. The van der Waals surface area contributed by atoms with Gasteiger partial charge in [-0.3, -0.25) is 9.36 Å². The molecule has 0 bridgehead atoms. The molecule has 0 N–H and O–H groups in total. The summed E-state index contributed by atoms with van der Waals surface area (Å²) in [5, 5.41) is 18.2. The Labute approximate surface area is 175 Å². The van der Waals surface area contributed by atoms with Gasteiger partial charge in [0, 0.05) is 24.3 Å². The predicted molar refractivity (Wildman–Crippen MR) is 115 cm³/mol. The first-order valence-corrected chi connectivity index (χ1v) is 10.5. The third kappa shape index (κ3) is 5.04. The SMILES string of the molecule is CCN(CCC#N)C(=O)CSc1nnc(-c2cccc(C)c2)n1-c1ccccc1. The Morgan fingerprint density at radius 3 is 2.66 bits per heavy atom. The molecule has 3 aromatic rings. The molecule has 0 unspecified atom stereocenters. The molecule has 0 aliphatic carbocycles. The van der Waals surface area contributed by atoms with Crippen LogP contribution >= 0.6 is 11.8 Å². The van der Waals surface area contributed by atoms with Gasteiger partial charge < -0.3 is 4.90 Å². The zero-order chi connectivity index (χ0) is 20.6. The van der Waals surface area contributed by atoms with Gasteiger partial charge in [0.25, 0.3) is 0 Å². The summed E-state index contributed by atoms with van der Waals surface area (Å²) in [6.07, 6.45) is 0.335. The van der Waals surface area contributed by atoms with Crippen LogP contribution in [0.15, 0.2) is 59.8 Å². The maximum atomic E-state index is 12.6. The van der Waals surface area contributed by atoms with Crippen molar-refractivity contribution in [3.8, 4) is 23.1 Å². The first kappa shape index (κ1) is 20.6. The van der Waals surface area contributed by atoms with Crippen molar-refractivity contribution in [1.29, 1.82) is 5.26 Å². The molecule has 0 atom stereocenters. The molecule has 148 valence electrons. The average Bonchev–Trinajstić information content (AvgIpc) is 3.17. The second-order valence-corrected chi connectivity index (χ2v) is 7.46. The largest absolute Gasteiger partial charge is 0.341 e. The topological polar surface area (TPSA) is 74.8 Å². The number of rotatable bonds is 8. The van der Waals surface area contributed by atoms with Gasteiger partial charge in [0.1, 0.15) is 0 Å². The van der Waals surface area contributed by atoms with Crippen LogP contribution in [0.25, 0.3) is 17.1 Å². The van der Waals surface area contributed by atoms with Gasteiger partial charge >= 0.3 is 0 Å². The van der Waals surface area contributed by atoms with Crippen molar-refractivity contribution in [2.24, 2.45) is 0 Å². The number of carbonyl (C=O) groups is 1. The van der Waals surface area contributed by atoms with Gasteiger partial charge in [0.15, 0.2) is 11.0 Å². The molecular formula is C22H23N5OS. The lowest BCUT2D eigenvalue weighted by Crippen LogP contribution is -2.33. The van der Waals surface area contributed by atoms with E-state index < -0.39 is 0 Å². The molecule has 29 heavy (non-hydrogen) atoms. The number of amides is 1. The zero-order valence-electron chi connectivity index (χ0n) is 16.6. The molecular weight excluding hydrogens is 382 g/mol. The van der Waals surface area contributed by atoms with E-state index in [0.717, 1.165) is 22.6 Å². The Bertz CT molecular complexity index is 1010. The summed E-state index contributed by atoms with van der Waals surface area (Å²) in [4.78, 5) is 14.3. The fourth-order valence-corrected chi connectivity index (χ4v) is 3.86. The molecule has 1 amide bonds. The van der Waals surface area contributed by atoms with Gasteiger partial charge in [-0.1, -0.05) is 53.7 Å². The molecule has 0 fully saturated rings. The summed E-state index contributed by atoms with van der Waals surface area (Å²) < 4.78 is 1.98. The van der Waals surface area contributed by atoms with Crippen LogP contribution in [0.4, 0.5) is 0 Å². The zero-order valence-corrected chi connectivity index (χ0v) is 17.4. The number of nitriles is 1. The maximum Gasteiger partial charge on any atom is 0.233 e. The van der Waals surface area contributed by atoms with Crippen molar-refractivity contribution in [2.45, 2.75) is 25.4 Å². The van der Waals surface area contributed by atoms with E-state index in [1.807, 2.05) is 66.9 Å². The summed E-state index contributed by atoms with van der Waals surface area (Å²) in [6, 6.07) is 20.1. The molecule has 0 aliphatic heterocycles. The van der Waals surface area contributed by atoms with E-state index >= 15 is 0 Å². The fourth-order valence-electron chi connectivity index (χ4n) is 3.01. The Morgan fingerprint density at radius 1 is 1.17 bits per heavy atom. The number of aromatic nitrogens is 3. The summed E-state index contributed by atoms with van der Waals surface area (Å²) >= 11 is 1.36. The molecule has 0 saturated carbocycles. The van der Waals surface area contributed by atoms with Gasteiger partial charge in [-0.05, 0) is 32.0 Å². The Kier molecular flexibility index (Phi) is 7.04. The number of nitrogens with zero attached hydrogens (tertiary/aromatic N) is 5. The quantitative estimate of drug-likeness (QED) is 0.528. The number of thioether (sulfide) groups is 1. The van der Waals surface area contributed by atoms with Gasteiger partial charge in [-0.15, -0.1) is 10.2 Å². The van der Waals surface area contributed by atoms with Crippen molar-refractivity contribution in [3.05, 3.63) is 60.2 Å². The van der Waals surface area contributed by atoms with Crippen LogP contribution in [0, 0.1) is 18.3 Å². The number of hydrogen-bond acceptors (Lipinski definition) is 5. The molecule has 7 heteroatoms. The molecule has 1 heterocycles. The van der Waals surface area contributed by atoms with Crippen molar-refractivity contribution >= 4 is 17.7 Å². The van der Waals surface area contributed by atoms with Crippen LogP contribution in [0.1, 0.15) is 18.9 Å². The highest BCUT2D eigenvalue weighted by Gasteiger charge is 2.19. The highest BCUT2D eigenvalue weighted by molar-refractivity contribution is 7.99. The lowest BCUT2D eigenvalue weighted by molar-refractivity contribution is -0.128. The summed E-state index contributed by atoms with van der Waals surface area (Å²) in [6.45, 7) is 5.00. The van der Waals surface area contributed by atoms with Crippen molar-refractivity contribution in [1.82, 2.24) is 19.7 Å². The highest BCUT2D eigenvalue weighted by Crippen LogP contribution is 2.28. The highest BCUT2D eigenvalue weighted by atomic mass is 32.2. The third-order valence-corrected chi connectivity index (χ3v) is 5.39. The normalized spacial score (nSPS) is 10.5. The molecule has 3 rings (SSSR count). The van der Waals surface area contributed by atoms with Crippen molar-refractivity contribution in [2.75, 3.05) is 18.8 Å². The van der Waals surface area contributed by atoms with E-state index in [9.17, 15) is 4.79 Å². The van der Waals surface area contributed by atoms with E-state index in [4.69, 9.17) is 5.26 Å². The Morgan fingerprint density at radius 2 is 1.97 bits per heavy atom. The number of hydrogen-bond donors (Lipinski definition) is 0. The standard InChI is InChI=1S/C22H23N5OS/c1-3-26(14-8-13-23)20(28)16-29-22-25-24-21(18-10-7-9-17(2)15-18)27(22)19-11-5-4-6-12-19/h4-7,9-12,15H,3,8,14,16H2,1-2H3. The molecule has 0 radical (unpaired) electrons. The maximum absolute atomic E-state index is 12.6. The first-order valence-electron chi connectivity index (χ1n) is 9.49. The van der Waals surface area contributed by atoms with Crippen LogP contribution in [0.5, 0.6) is 0 Å².